The third-order valence-electron chi connectivity index (χ3n) is 3.91. The van der Waals surface area contributed by atoms with Crippen molar-refractivity contribution >= 4 is 11.6 Å². The van der Waals surface area contributed by atoms with E-state index in [1.54, 1.807) is 0 Å². The lowest BCUT2D eigenvalue weighted by atomic mass is 9.83. The van der Waals surface area contributed by atoms with Crippen molar-refractivity contribution in [2.45, 2.75) is 37.3 Å². The zero-order valence-electron chi connectivity index (χ0n) is 10.3. The number of hydrogen-bond donors (Lipinski definition) is 1. The second kappa shape index (κ2) is 4.72. The second-order valence-electron chi connectivity index (χ2n) is 5.24. The average Bonchev–Trinajstić information content (AvgIpc) is 2.56. The first-order valence-electron chi connectivity index (χ1n) is 6.50. The fourth-order valence-corrected chi connectivity index (χ4v) is 3.16. The quantitative estimate of drug-likeness (QED) is 0.786. The van der Waals surface area contributed by atoms with E-state index < -0.39 is 0 Å². The minimum atomic E-state index is -0.142. The molecule has 1 fully saturated rings. The van der Waals surface area contributed by atoms with Crippen LogP contribution in [0.1, 0.15) is 37.3 Å². The van der Waals surface area contributed by atoms with E-state index in [9.17, 15) is 0 Å². The van der Waals surface area contributed by atoms with E-state index in [0.717, 1.165) is 50.2 Å². The molecule has 0 aromatic heterocycles. The molecule has 1 spiro atoms. The summed E-state index contributed by atoms with van der Waals surface area (Å²) in [6, 6.07) is 5.72. The van der Waals surface area contributed by atoms with E-state index in [4.69, 9.17) is 26.8 Å². The predicted molar refractivity (Wildman–Crippen MR) is 71.0 cm³/mol. The third-order valence-corrected chi connectivity index (χ3v) is 4.15. The monoisotopic (exact) mass is 267 g/mol. The van der Waals surface area contributed by atoms with Crippen LogP contribution >= 0.6 is 11.6 Å². The maximum Gasteiger partial charge on any atom is 0.125 e. The number of halogens is 1. The molecule has 1 unspecified atom stereocenters. The Kier molecular flexibility index (Phi) is 3.22. The van der Waals surface area contributed by atoms with Crippen molar-refractivity contribution in [3.05, 3.63) is 28.8 Å². The first-order chi connectivity index (χ1) is 8.69. The second-order valence-corrected chi connectivity index (χ2v) is 5.68. The Hall–Kier alpha value is -0.770. The van der Waals surface area contributed by atoms with E-state index in [1.165, 1.54) is 0 Å². The van der Waals surface area contributed by atoms with Crippen molar-refractivity contribution in [3.63, 3.8) is 0 Å². The van der Waals surface area contributed by atoms with Gasteiger partial charge in [-0.05, 0) is 31.0 Å². The van der Waals surface area contributed by atoms with Crippen molar-refractivity contribution in [2.24, 2.45) is 5.73 Å². The minimum Gasteiger partial charge on any atom is -0.487 e. The van der Waals surface area contributed by atoms with Gasteiger partial charge in [0.05, 0.1) is 6.61 Å². The summed E-state index contributed by atoms with van der Waals surface area (Å²) in [5.41, 5.74) is 7.18. The highest BCUT2D eigenvalue weighted by Gasteiger charge is 2.40. The number of rotatable bonds is 0. The lowest BCUT2D eigenvalue weighted by molar-refractivity contribution is 0.0156. The molecule has 18 heavy (non-hydrogen) atoms. The first kappa shape index (κ1) is 12.3. The summed E-state index contributed by atoms with van der Waals surface area (Å²) in [6.07, 6.45) is 3.82. The Morgan fingerprint density at radius 3 is 3.06 bits per heavy atom. The first-order valence-corrected chi connectivity index (χ1v) is 6.88. The lowest BCUT2D eigenvalue weighted by Crippen LogP contribution is -2.43. The van der Waals surface area contributed by atoms with Gasteiger partial charge in [0.2, 0.25) is 0 Å². The van der Waals surface area contributed by atoms with E-state index in [2.05, 4.69) is 0 Å². The lowest BCUT2D eigenvalue weighted by Gasteiger charge is -2.40. The van der Waals surface area contributed by atoms with Gasteiger partial charge < -0.3 is 15.2 Å². The summed E-state index contributed by atoms with van der Waals surface area (Å²) < 4.78 is 11.8. The van der Waals surface area contributed by atoms with Crippen LogP contribution in [-0.2, 0) is 4.74 Å². The van der Waals surface area contributed by atoms with Crippen molar-refractivity contribution < 1.29 is 9.47 Å². The highest BCUT2D eigenvalue weighted by Crippen LogP contribution is 2.43. The number of hydrogen-bond acceptors (Lipinski definition) is 3. The van der Waals surface area contributed by atoms with Crippen molar-refractivity contribution in [1.29, 1.82) is 0 Å². The maximum absolute atomic E-state index is 6.29. The normalized spacial score (nSPS) is 31.6. The van der Waals surface area contributed by atoms with Crippen LogP contribution in [0.25, 0.3) is 0 Å². The molecule has 0 saturated carbocycles. The Bertz CT molecular complexity index is 441. The summed E-state index contributed by atoms with van der Waals surface area (Å²) in [7, 11) is 0. The van der Waals surface area contributed by atoms with Gasteiger partial charge in [-0.3, -0.25) is 0 Å². The molecule has 2 aliphatic heterocycles. The molecule has 4 heteroatoms. The molecule has 0 radical (unpaired) electrons. The molecule has 98 valence electrons. The van der Waals surface area contributed by atoms with Gasteiger partial charge >= 0.3 is 0 Å². The number of fused-ring (bicyclic) bond motifs is 1. The summed E-state index contributed by atoms with van der Waals surface area (Å²) in [5.74, 6) is 0.889. The van der Waals surface area contributed by atoms with E-state index >= 15 is 0 Å². The van der Waals surface area contributed by atoms with E-state index in [-0.39, 0.29) is 11.6 Å². The molecule has 3 rings (SSSR count). The van der Waals surface area contributed by atoms with Crippen LogP contribution in [0.5, 0.6) is 5.75 Å². The van der Waals surface area contributed by atoms with Gasteiger partial charge in [0.1, 0.15) is 11.4 Å². The molecule has 2 N–H and O–H groups in total. The maximum atomic E-state index is 6.29. The Morgan fingerprint density at radius 1 is 1.28 bits per heavy atom. The van der Waals surface area contributed by atoms with Gasteiger partial charge in [-0.15, -0.1) is 0 Å². The molecule has 2 heterocycles. The number of nitrogens with two attached hydrogens (primary N) is 1. The van der Waals surface area contributed by atoms with Crippen LogP contribution in [0.3, 0.4) is 0 Å². The van der Waals surface area contributed by atoms with Crippen molar-refractivity contribution in [3.8, 4) is 5.75 Å². The molecular weight excluding hydrogens is 250 g/mol. The van der Waals surface area contributed by atoms with Crippen LogP contribution in [0.2, 0.25) is 5.02 Å². The molecule has 0 aliphatic carbocycles. The van der Waals surface area contributed by atoms with Crippen molar-refractivity contribution in [2.75, 3.05) is 13.2 Å². The Balaban J connectivity index is 1.92. The largest absolute Gasteiger partial charge is 0.487 e. The smallest absolute Gasteiger partial charge is 0.125 e. The topological polar surface area (TPSA) is 44.5 Å². The highest BCUT2D eigenvalue weighted by atomic mass is 35.5. The molecule has 0 amide bonds. The van der Waals surface area contributed by atoms with Gasteiger partial charge in [0, 0.05) is 36.1 Å². The van der Waals surface area contributed by atoms with Gasteiger partial charge in [0.15, 0.2) is 0 Å². The molecule has 2 atom stereocenters. The number of benzene rings is 1. The van der Waals surface area contributed by atoms with Gasteiger partial charge in [-0.25, -0.2) is 0 Å². The van der Waals surface area contributed by atoms with E-state index in [0.29, 0.717) is 5.02 Å². The zero-order valence-corrected chi connectivity index (χ0v) is 11.1. The molecule has 1 aromatic rings. The third kappa shape index (κ3) is 2.22. The minimum absolute atomic E-state index is 0.00514. The summed E-state index contributed by atoms with van der Waals surface area (Å²) in [5, 5.41) is 0.716. The Labute approximate surface area is 112 Å². The van der Waals surface area contributed by atoms with Crippen molar-refractivity contribution in [1.82, 2.24) is 0 Å². The summed E-state index contributed by atoms with van der Waals surface area (Å²) in [6.45, 7) is 1.59. The van der Waals surface area contributed by atoms with Gasteiger partial charge in [-0.1, -0.05) is 11.6 Å². The molecule has 0 bridgehead atoms. The standard InChI is InChI=1S/C14H18ClNO2/c15-10-2-3-13-11(8-10)12(16)9-14(18-13)4-1-6-17-7-5-14/h2-3,8,12H,1,4-7,9,16H2/t12-,14?/m0/s1. The highest BCUT2D eigenvalue weighted by molar-refractivity contribution is 6.30. The van der Waals surface area contributed by atoms with Crippen LogP contribution in [0.4, 0.5) is 0 Å². The molecule has 1 aromatic carbocycles. The summed E-state index contributed by atoms with van der Waals surface area (Å²) in [4.78, 5) is 0. The van der Waals surface area contributed by atoms with E-state index in [1.807, 2.05) is 18.2 Å². The Morgan fingerprint density at radius 2 is 2.17 bits per heavy atom. The zero-order chi connectivity index (χ0) is 12.6. The fraction of sp³-hybridized carbons (Fsp3) is 0.571. The molecule has 3 nitrogen and oxygen atoms in total. The molecular formula is C14H18ClNO2. The SMILES string of the molecule is N[C@H]1CC2(CCCOCC2)Oc2ccc(Cl)cc21. The molecule has 1 saturated heterocycles. The van der Waals surface area contributed by atoms with Gasteiger partial charge in [0.25, 0.3) is 0 Å². The average molecular weight is 268 g/mol. The molecule has 2 aliphatic rings. The number of ether oxygens (including phenoxy) is 2. The van der Waals surface area contributed by atoms with Crippen LogP contribution in [0, 0.1) is 0 Å². The van der Waals surface area contributed by atoms with Gasteiger partial charge in [-0.2, -0.15) is 0 Å². The van der Waals surface area contributed by atoms with Crippen LogP contribution in [0.15, 0.2) is 18.2 Å². The summed E-state index contributed by atoms with van der Waals surface area (Å²) >= 11 is 6.01. The van der Waals surface area contributed by atoms with Crippen LogP contribution < -0.4 is 10.5 Å². The predicted octanol–water partition coefficient (Wildman–Crippen LogP) is 3.06. The fourth-order valence-electron chi connectivity index (χ4n) is 2.98. The van der Waals surface area contributed by atoms with Crippen LogP contribution in [-0.4, -0.2) is 18.8 Å².